The summed E-state index contributed by atoms with van der Waals surface area (Å²) in [4.78, 5) is 2.54. The molecule has 2 fully saturated rings. The second-order valence-corrected chi connectivity index (χ2v) is 5.59. The Morgan fingerprint density at radius 1 is 1.55 bits per heavy atom. The van der Waals surface area contributed by atoms with Crippen LogP contribution in [0.3, 0.4) is 0 Å². The Hall–Kier alpha value is 0.650. The molecule has 2 aliphatic heterocycles. The Labute approximate surface area is 81.4 Å². The van der Waals surface area contributed by atoms with Crippen LogP contribution in [0.15, 0.2) is 0 Å². The van der Waals surface area contributed by atoms with Gasteiger partial charge in [0.2, 0.25) is 0 Å². The van der Waals surface area contributed by atoms with Crippen molar-refractivity contribution in [1.29, 1.82) is 0 Å². The maximum Gasteiger partial charge on any atom is 0.0590 e. The molecule has 11 heavy (non-hydrogen) atoms. The van der Waals surface area contributed by atoms with Crippen LogP contribution in [0.25, 0.3) is 0 Å². The molecule has 1 unspecified atom stereocenters. The minimum atomic E-state index is 0.569. The summed E-state index contributed by atoms with van der Waals surface area (Å²) in [6, 6.07) is 0. The van der Waals surface area contributed by atoms with E-state index in [2.05, 4.69) is 34.4 Å². The fourth-order valence-electron chi connectivity index (χ4n) is 1.90. The first-order valence-corrected chi connectivity index (χ1v) is 5.42. The Bertz CT molecular complexity index is 156. The van der Waals surface area contributed by atoms with E-state index in [-0.39, 0.29) is 0 Å². The van der Waals surface area contributed by atoms with E-state index in [0.717, 1.165) is 13.2 Å². The van der Waals surface area contributed by atoms with E-state index in [4.69, 9.17) is 4.74 Å². The minimum Gasteiger partial charge on any atom is -0.380 e. The summed E-state index contributed by atoms with van der Waals surface area (Å²) in [6.07, 6.45) is 1.35. The van der Waals surface area contributed by atoms with Gasteiger partial charge < -0.3 is 4.74 Å². The summed E-state index contributed by atoms with van der Waals surface area (Å²) in [6.45, 7) is 6.81. The lowest BCUT2D eigenvalue weighted by Crippen LogP contribution is -2.45. The van der Waals surface area contributed by atoms with E-state index in [9.17, 15) is 0 Å². The summed E-state index contributed by atoms with van der Waals surface area (Å²) in [5, 5.41) is 0. The third-order valence-electron chi connectivity index (χ3n) is 2.79. The molecule has 0 aromatic heterocycles. The number of nitrogens with zero attached hydrogens (tertiary/aromatic N) is 1. The molecule has 2 heterocycles. The average Bonchev–Trinajstić information content (AvgIpc) is 2.28. The molecule has 2 saturated heterocycles. The molecule has 0 N–H and O–H groups in total. The Morgan fingerprint density at radius 2 is 2.27 bits per heavy atom. The zero-order valence-electron chi connectivity index (χ0n) is 6.85. The third kappa shape index (κ3) is 1.42. The summed E-state index contributed by atoms with van der Waals surface area (Å²) in [5.74, 6) is 0. The molecule has 2 aliphatic rings. The number of alkyl halides is 1. The zero-order chi connectivity index (χ0) is 7.90. The van der Waals surface area contributed by atoms with E-state index in [1.54, 1.807) is 0 Å². The summed E-state index contributed by atoms with van der Waals surface area (Å²) < 4.78 is 5.95. The van der Waals surface area contributed by atoms with Crippen molar-refractivity contribution in [2.24, 2.45) is 5.41 Å². The van der Waals surface area contributed by atoms with Crippen molar-refractivity contribution in [3.05, 3.63) is 0 Å². The van der Waals surface area contributed by atoms with Crippen molar-refractivity contribution in [1.82, 2.24) is 4.90 Å². The third-order valence-corrected chi connectivity index (χ3v) is 3.58. The molecular weight excluding hydrogens is 253 g/mol. The van der Waals surface area contributed by atoms with Crippen molar-refractivity contribution in [2.45, 2.75) is 17.4 Å². The van der Waals surface area contributed by atoms with Gasteiger partial charge in [-0.2, -0.15) is 0 Å². The molecular formula is C8H14INO. The number of hydrogen-bond acceptors (Lipinski definition) is 2. The molecule has 0 aromatic rings. The smallest absolute Gasteiger partial charge is 0.0590 e. The van der Waals surface area contributed by atoms with Crippen molar-refractivity contribution >= 4 is 22.6 Å². The van der Waals surface area contributed by atoms with Crippen LogP contribution in [0.2, 0.25) is 0 Å². The topological polar surface area (TPSA) is 12.5 Å². The molecule has 64 valence electrons. The fourth-order valence-corrected chi connectivity index (χ4v) is 2.38. The quantitative estimate of drug-likeness (QED) is 0.405. The van der Waals surface area contributed by atoms with Crippen LogP contribution in [0, 0.1) is 5.41 Å². The van der Waals surface area contributed by atoms with Crippen molar-refractivity contribution in [2.75, 3.05) is 26.3 Å². The van der Waals surface area contributed by atoms with Gasteiger partial charge in [0, 0.05) is 12.0 Å². The summed E-state index contributed by atoms with van der Waals surface area (Å²) >= 11 is 2.49. The van der Waals surface area contributed by atoms with Crippen LogP contribution >= 0.6 is 22.6 Å². The van der Waals surface area contributed by atoms with Crippen molar-refractivity contribution in [3.8, 4) is 0 Å². The van der Waals surface area contributed by atoms with Crippen LogP contribution < -0.4 is 0 Å². The first kappa shape index (κ1) is 8.26. The number of hydrogen-bond donors (Lipinski definition) is 0. The van der Waals surface area contributed by atoms with Gasteiger partial charge >= 0.3 is 0 Å². The summed E-state index contributed by atoms with van der Waals surface area (Å²) in [7, 11) is 0. The molecule has 0 bridgehead atoms. The average molecular weight is 267 g/mol. The largest absolute Gasteiger partial charge is 0.380 e. The molecule has 3 heteroatoms. The molecule has 1 atom stereocenters. The lowest BCUT2D eigenvalue weighted by atomic mass is 9.85. The number of halogens is 1. The first-order valence-electron chi connectivity index (χ1n) is 4.18. The Balaban J connectivity index is 1.93. The fraction of sp³-hybridized carbons (Fsp3) is 1.00. The molecule has 0 amide bonds. The number of likely N-dealkylation sites (tertiary alicyclic amines) is 1. The molecule has 1 spiro atoms. The van der Waals surface area contributed by atoms with Gasteiger partial charge in [0.15, 0.2) is 0 Å². The first-order chi connectivity index (χ1) is 5.22. The van der Waals surface area contributed by atoms with Gasteiger partial charge in [-0.15, -0.1) is 0 Å². The SMILES string of the molecule is CC(I)N1CCC2(COC2)C1. The molecule has 0 aromatic carbocycles. The van der Waals surface area contributed by atoms with Gasteiger partial charge in [-0.25, -0.2) is 0 Å². The standard InChI is InChI=1S/C8H14INO/c1-7(9)10-3-2-8(4-10)5-11-6-8/h7H,2-6H2,1H3. The van der Waals surface area contributed by atoms with E-state index in [0.29, 0.717) is 9.46 Å². The highest BCUT2D eigenvalue weighted by Gasteiger charge is 2.44. The van der Waals surface area contributed by atoms with Crippen LogP contribution in [0.4, 0.5) is 0 Å². The highest BCUT2D eigenvalue weighted by atomic mass is 127. The molecule has 0 aliphatic carbocycles. The molecule has 0 radical (unpaired) electrons. The molecule has 2 nitrogen and oxygen atoms in total. The van der Waals surface area contributed by atoms with Gasteiger partial charge in [0.05, 0.1) is 17.3 Å². The Morgan fingerprint density at radius 3 is 2.55 bits per heavy atom. The van der Waals surface area contributed by atoms with Crippen LogP contribution in [-0.4, -0.2) is 35.3 Å². The van der Waals surface area contributed by atoms with E-state index >= 15 is 0 Å². The van der Waals surface area contributed by atoms with Crippen LogP contribution in [0.5, 0.6) is 0 Å². The lowest BCUT2D eigenvalue weighted by molar-refractivity contribution is -0.104. The van der Waals surface area contributed by atoms with Gasteiger partial charge in [-0.05, 0) is 19.9 Å². The normalized spacial score (nSPS) is 32.2. The summed E-state index contributed by atoms with van der Waals surface area (Å²) in [5.41, 5.74) is 0.569. The van der Waals surface area contributed by atoms with Crippen LogP contribution in [-0.2, 0) is 4.74 Å². The second-order valence-electron chi connectivity index (χ2n) is 3.79. The maximum atomic E-state index is 5.26. The minimum absolute atomic E-state index is 0.569. The van der Waals surface area contributed by atoms with Gasteiger partial charge in [0.25, 0.3) is 0 Å². The lowest BCUT2D eigenvalue weighted by Gasteiger charge is -2.38. The van der Waals surface area contributed by atoms with E-state index in [1.165, 1.54) is 19.5 Å². The predicted molar refractivity (Wildman–Crippen MR) is 52.9 cm³/mol. The monoisotopic (exact) mass is 267 g/mol. The predicted octanol–water partition coefficient (Wildman–Crippen LogP) is 1.49. The van der Waals surface area contributed by atoms with Crippen molar-refractivity contribution in [3.63, 3.8) is 0 Å². The Kier molecular flexibility index (Phi) is 2.14. The highest BCUT2D eigenvalue weighted by molar-refractivity contribution is 14.1. The highest BCUT2D eigenvalue weighted by Crippen LogP contribution is 2.38. The van der Waals surface area contributed by atoms with Gasteiger partial charge in [-0.3, -0.25) is 4.90 Å². The van der Waals surface area contributed by atoms with E-state index in [1.807, 2.05) is 0 Å². The maximum absolute atomic E-state index is 5.26. The van der Waals surface area contributed by atoms with E-state index < -0.39 is 0 Å². The molecule has 2 rings (SSSR count). The number of rotatable bonds is 1. The zero-order valence-corrected chi connectivity index (χ0v) is 9.00. The second kappa shape index (κ2) is 2.85. The van der Waals surface area contributed by atoms with Crippen molar-refractivity contribution < 1.29 is 4.74 Å². The van der Waals surface area contributed by atoms with Gasteiger partial charge in [-0.1, -0.05) is 22.6 Å². The van der Waals surface area contributed by atoms with Gasteiger partial charge in [0.1, 0.15) is 0 Å². The van der Waals surface area contributed by atoms with Crippen LogP contribution in [0.1, 0.15) is 13.3 Å². The molecule has 0 saturated carbocycles. The number of ether oxygens (including phenoxy) is 1.